The molecule has 0 aliphatic rings. The third-order valence-corrected chi connectivity index (χ3v) is 2.69. The number of H-pyrrole nitrogens is 1. The molecular weight excluding hydrogens is 234 g/mol. The number of hydrogen-bond acceptors (Lipinski definition) is 7. The summed E-state index contributed by atoms with van der Waals surface area (Å²) in [4.78, 5) is 10.6. The van der Waals surface area contributed by atoms with Gasteiger partial charge >= 0.3 is 0 Å². The number of rotatable bonds is 6. The van der Waals surface area contributed by atoms with Crippen molar-refractivity contribution in [1.29, 1.82) is 0 Å². The van der Waals surface area contributed by atoms with E-state index >= 15 is 0 Å². The molecule has 0 amide bonds. The summed E-state index contributed by atoms with van der Waals surface area (Å²) in [5.41, 5.74) is 3.07. The molecular formula is C10H17N7O. The molecule has 18 heavy (non-hydrogen) atoms. The van der Waals surface area contributed by atoms with Gasteiger partial charge in [-0.25, -0.2) is 5.84 Å². The van der Waals surface area contributed by atoms with Gasteiger partial charge in [-0.1, -0.05) is 0 Å². The quantitative estimate of drug-likeness (QED) is 0.416. The van der Waals surface area contributed by atoms with Gasteiger partial charge in [0.15, 0.2) is 5.65 Å². The highest BCUT2D eigenvalue weighted by Crippen LogP contribution is 2.23. The Morgan fingerprint density at radius 2 is 2.33 bits per heavy atom. The molecule has 0 bridgehead atoms. The molecule has 0 unspecified atom stereocenters. The monoisotopic (exact) mass is 251 g/mol. The number of aliphatic hydroxyl groups is 1. The fourth-order valence-corrected chi connectivity index (χ4v) is 1.80. The predicted molar refractivity (Wildman–Crippen MR) is 69.1 cm³/mol. The summed E-state index contributed by atoms with van der Waals surface area (Å²) < 4.78 is 0. The number of fused-ring (bicyclic) bond motifs is 1. The Balaban J connectivity index is 2.42. The number of nitrogens with one attached hydrogen (secondary N) is 2. The topological polar surface area (TPSA) is 116 Å². The van der Waals surface area contributed by atoms with E-state index in [4.69, 9.17) is 10.9 Å². The molecule has 8 nitrogen and oxygen atoms in total. The smallest absolute Gasteiger partial charge is 0.241 e. The lowest BCUT2D eigenvalue weighted by Crippen LogP contribution is -2.26. The molecule has 0 fully saturated rings. The van der Waals surface area contributed by atoms with Crippen LogP contribution in [0.3, 0.4) is 0 Å². The Bertz CT molecular complexity index is 512. The fourth-order valence-electron chi connectivity index (χ4n) is 1.80. The van der Waals surface area contributed by atoms with Crippen molar-refractivity contribution < 1.29 is 5.11 Å². The Kier molecular flexibility index (Phi) is 3.90. The number of hydrazine groups is 1. The molecule has 2 aromatic rings. The maximum absolute atomic E-state index is 8.92. The lowest BCUT2D eigenvalue weighted by molar-refractivity contribution is 0.289. The number of aromatic amines is 1. The zero-order valence-corrected chi connectivity index (χ0v) is 10.2. The molecule has 98 valence electrons. The van der Waals surface area contributed by atoms with Crippen LogP contribution in [0.1, 0.15) is 13.3 Å². The third kappa shape index (κ3) is 2.34. The van der Waals surface area contributed by atoms with Gasteiger partial charge in [0.1, 0.15) is 5.82 Å². The number of hydrogen-bond donors (Lipinski definition) is 4. The van der Waals surface area contributed by atoms with E-state index in [-0.39, 0.29) is 6.61 Å². The summed E-state index contributed by atoms with van der Waals surface area (Å²) in [5, 5.41) is 16.5. The molecule has 0 aliphatic heterocycles. The Morgan fingerprint density at radius 3 is 3.00 bits per heavy atom. The summed E-state index contributed by atoms with van der Waals surface area (Å²) in [6.45, 7) is 3.68. The molecule has 2 aromatic heterocycles. The highest BCUT2D eigenvalue weighted by molar-refractivity contribution is 5.87. The number of nitrogens with two attached hydrogens (primary N) is 1. The van der Waals surface area contributed by atoms with Crippen LogP contribution in [-0.4, -0.2) is 45.0 Å². The predicted octanol–water partition coefficient (Wildman–Crippen LogP) is -0.153. The molecule has 0 aliphatic carbocycles. The minimum Gasteiger partial charge on any atom is -0.396 e. The first-order valence-corrected chi connectivity index (χ1v) is 5.83. The number of aliphatic hydroxyl groups excluding tert-OH is 1. The Hall–Kier alpha value is -1.93. The van der Waals surface area contributed by atoms with Gasteiger partial charge in [0.25, 0.3) is 0 Å². The minimum atomic E-state index is 0.151. The average molecular weight is 251 g/mol. The van der Waals surface area contributed by atoms with Crippen LogP contribution in [0, 0.1) is 0 Å². The summed E-state index contributed by atoms with van der Waals surface area (Å²) in [6.07, 6.45) is 2.37. The van der Waals surface area contributed by atoms with Gasteiger partial charge in [-0.05, 0) is 13.3 Å². The Morgan fingerprint density at radius 1 is 1.50 bits per heavy atom. The van der Waals surface area contributed by atoms with Gasteiger partial charge in [-0.3, -0.25) is 10.5 Å². The molecule has 2 rings (SSSR count). The van der Waals surface area contributed by atoms with Crippen LogP contribution in [-0.2, 0) is 0 Å². The second-order valence-electron chi connectivity index (χ2n) is 3.80. The first kappa shape index (κ1) is 12.5. The molecule has 8 heteroatoms. The zero-order chi connectivity index (χ0) is 13.0. The van der Waals surface area contributed by atoms with Crippen LogP contribution in [0.15, 0.2) is 6.20 Å². The Labute approximate surface area is 104 Å². The molecule has 0 saturated heterocycles. The van der Waals surface area contributed by atoms with Gasteiger partial charge in [0, 0.05) is 19.7 Å². The number of anilines is 2. The SMILES string of the molecule is CCN(CCCO)c1nc(NN)nc2[nH]ncc12. The van der Waals surface area contributed by atoms with E-state index in [1.165, 1.54) is 0 Å². The minimum absolute atomic E-state index is 0.151. The number of nitrogens with zero attached hydrogens (tertiary/aromatic N) is 4. The van der Waals surface area contributed by atoms with E-state index in [0.29, 0.717) is 24.6 Å². The van der Waals surface area contributed by atoms with Crippen molar-refractivity contribution in [2.45, 2.75) is 13.3 Å². The molecule has 0 saturated carbocycles. The van der Waals surface area contributed by atoms with Crippen LogP contribution in [0.4, 0.5) is 11.8 Å². The first-order valence-electron chi connectivity index (χ1n) is 5.83. The van der Waals surface area contributed by atoms with Gasteiger partial charge in [0.05, 0.1) is 11.6 Å². The van der Waals surface area contributed by atoms with E-state index < -0.39 is 0 Å². The van der Waals surface area contributed by atoms with Gasteiger partial charge in [-0.2, -0.15) is 15.1 Å². The third-order valence-electron chi connectivity index (χ3n) is 2.69. The summed E-state index contributed by atoms with van der Waals surface area (Å²) in [6, 6.07) is 0. The van der Waals surface area contributed by atoms with Crippen molar-refractivity contribution >= 4 is 22.8 Å². The van der Waals surface area contributed by atoms with Crippen LogP contribution < -0.4 is 16.2 Å². The molecule has 0 aromatic carbocycles. The maximum atomic E-state index is 8.92. The molecule has 0 atom stereocenters. The van der Waals surface area contributed by atoms with Crippen molar-refractivity contribution in [3.63, 3.8) is 0 Å². The fraction of sp³-hybridized carbons (Fsp3) is 0.500. The lowest BCUT2D eigenvalue weighted by atomic mass is 10.3. The van der Waals surface area contributed by atoms with Crippen LogP contribution in [0.25, 0.3) is 11.0 Å². The van der Waals surface area contributed by atoms with E-state index in [1.807, 2.05) is 6.92 Å². The number of aromatic nitrogens is 4. The molecule has 0 spiro atoms. The van der Waals surface area contributed by atoms with E-state index in [9.17, 15) is 0 Å². The zero-order valence-electron chi connectivity index (χ0n) is 10.2. The summed E-state index contributed by atoms with van der Waals surface area (Å²) in [5.74, 6) is 6.45. The van der Waals surface area contributed by atoms with Crippen LogP contribution >= 0.6 is 0 Å². The van der Waals surface area contributed by atoms with Gasteiger partial charge in [0.2, 0.25) is 5.95 Å². The second kappa shape index (κ2) is 5.61. The summed E-state index contributed by atoms with van der Waals surface area (Å²) >= 11 is 0. The van der Waals surface area contributed by atoms with Gasteiger partial charge in [-0.15, -0.1) is 0 Å². The van der Waals surface area contributed by atoms with E-state index in [1.54, 1.807) is 6.20 Å². The van der Waals surface area contributed by atoms with Crippen LogP contribution in [0.5, 0.6) is 0 Å². The highest BCUT2D eigenvalue weighted by atomic mass is 16.3. The van der Waals surface area contributed by atoms with Crippen molar-refractivity contribution in [2.24, 2.45) is 5.84 Å². The highest BCUT2D eigenvalue weighted by Gasteiger charge is 2.14. The normalized spacial score (nSPS) is 10.8. The second-order valence-corrected chi connectivity index (χ2v) is 3.80. The number of nitrogen functional groups attached to an aromatic ring is 1. The largest absolute Gasteiger partial charge is 0.396 e. The summed E-state index contributed by atoms with van der Waals surface area (Å²) in [7, 11) is 0. The molecule has 2 heterocycles. The van der Waals surface area contributed by atoms with Crippen molar-refractivity contribution in [3.8, 4) is 0 Å². The first-order chi connectivity index (χ1) is 8.80. The maximum Gasteiger partial charge on any atom is 0.241 e. The van der Waals surface area contributed by atoms with Crippen molar-refractivity contribution in [2.75, 3.05) is 30.0 Å². The van der Waals surface area contributed by atoms with Crippen molar-refractivity contribution in [1.82, 2.24) is 20.2 Å². The van der Waals surface area contributed by atoms with Crippen LogP contribution in [0.2, 0.25) is 0 Å². The van der Waals surface area contributed by atoms with Gasteiger partial charge < -0.3 is 10.0 Å². The van der Waals surface area contributed by atoms with E-state index in [2.05, 4.69) is 30.5 Å². The lowest BCUT2D eigenvalue weighted by Gasteiger charge is -2.22. The molecule has 0 radical (unpaired) electrons. The van der Waals surface area contributed by atoms with E-state index in [0.717, 1.165) is 17.7 Å². The van der Waals surface area contributed by atoms with Crippen molar-refractivity contribution in [3.05, 3.63) is 6.20 Å². The average Bonchev–Trinajstić information content (AvgIpc) is 2.87. The molecule has 5 N–H and O–H groups in total. The standard InChI is InChI=1S/C10H17N7O/c1-2-17(4-3-5-18)9-7-6-12-16-8(7)13-10(14-9)15-11/h6,18H,2-5,11H2,1H3,(H2,12,13,14,15,16).